The molecule has 0 saturated carbocycles. The van der Waals surface area contributed by atoms with E-state index in [1.807, 2.05) is 23.1 Å². The quantitative estimate of drug-likeness (QED) is 0.600. The van der Waals surface area contributed by atoms with E-state index in [2.05, 4.69) is 6.08 Å². The number of benzene rings is 1. The molecule has 6 nitrogen and oxygen atoms in total. The van der Waals surface area contributed by atoms with Crippen molar-refractivity contribution in [3.05, 3.63) is 35.4 Å². The summed E-state index contributed by atoms with van der Waals surface area (Å²) in [6.45, 7) is 4.25. The van der Waals surface area contributed by atoms with E-state index in [0.717, 1.165) is 23.3 Å². The maximum Gasteiger partial charge on any atom is 0.303 e. The Bertz CT molecular complexity index is 802. The Morgan fingerprint density at radius 3 is 2.81 bits per heavy atom. The van der Waals surface area contributed by atoms with Crippen molar-refractivity contribution in [1.29, 1.82) is 0 Å². The highest BCUT2D eigenvalue weighted by Crippen LogP contribution is 2.55. The van der Waals surface area contributed by atoms with Gasteiger partial charge in [0, 0.05) is 38.9 Å². The van der Waals surface area contributed by atoms with Crippen LogP contribution in [-0.4, -0.2) is 42.6 Å². The van der Waals surface area contributed by atoms with Crippen molar-refractivity contribution >= 4 is 11.9 Å². The van der Waals surface area contributed by atoms with Gasteiger partial charge in [-0.05, 0) is 24.1 Å². The highest BCUT2D eigenvalue weighted by molar-refractivity contribution is 5.74. The van der Waals surface area contributed by atoms with E-state index in [9.17, 15) is 9.59 Å². The second-order valence-corrected chi connectivity index (χ2v) is 7.21. The molecule has 0 unspecified atom stereocenters. The molecule has 0 saturated heterocycles. The van der Waals surface area contributed by atoms with E-state index in [1.165, 1.54) is 6.92 Å². The average molecular weight is 357 g/mol. The molecule has 0 fully saturated rings. The summed E-state index contributed by atoms with van der Waals surface area (Å²) in [4.78, 5) is 25.2. The van der Waals surface area contributed by atoms with Gasteiger partial charge in [0.05, 0.1) is 12.5 Å². The van der Waals surface area contributed by atoms with E-state index in [0.29, 0.717) is 25.3 Å². The number of ether oxygens (including phenoxy) is 3. The molecule has 138 valence electrons. The number of amides is 1. The van der Waals surface area contributed by atoms with E-state index < -0.39 is 0 Å². The van der Waals surface area contributed by atoms with Gasteiger partial charge < -0.3 is 19.1 Å². The van der Waals surface area contributed by atoms with E-state index >= 15 is 0 Å². The van der Waals surface area contributed by atoms with Crippen molar-refractivity contribution in [2.45, 2.75) is 50.9 Å². The van der Waals surface area contributed by atoms with Gasteiger partial charge in [0.25, 0.3) is 0 Å². The number of hydrogen-bond donors (Lipinski definition) is 0. The van der Waals surface area contributed by atoms with E-state index in [4.69, 9.17) is 14.2 Å². The van der Waals surface area contributed by atoms with E-state index in [-0.39, 0.29) is 29.5 Å². The van der Waals surface area contributed by atoms with Crippen LogP contribution in [0.3, 0.4) is 0 Å². The topological polar surface area (TPSA) is 65.1 Å². The third-order valence-corrected chi connectivity index (χ3v) is 5.70. The fourth-order valence-corrected chi connectivity index (χ4v) is 4.49. The molecule has 1 aliphatic carbocycles. The first-order valence-electron chi connectivity index (χ1n) is 8.93. The average Bonchev–Trinajstić information content (AvgIpc) is 2.82. The SMILES string of the molecule is COc1ccc2c3c1O[C@H]1C[C@@H](OC(C)=O)C=C[C@@]31CCN(C(C)=O)C2. The van der Waals surface area contributed by atoms with Crippen LogP contribution in [-0.2, 0) is 26.3 Å². The lowest BCUT2D eigenvalue weighted by Gasteiger charge is -2.36. The molecule has 26 heavy (non-hydrogen) atoms. The van der Waals surface area contributed by atoms with Crippen LogP contribution in [0.15, 0.2) is 24.3 Å². The fraction of sp³-hybridized carbons (Fsp3) is 0.500. The van der Waals surface area contributed by atoms with Gasteiger partial charge in [-0.25, -0.2) is 0 Å². The Kier molecular flexibility index (Phi) is 3.93. The van der Waals surface area contributed by atoms with Crippen LogP contribution in [0.2, 0.25) is 0 Å². The van der Waals surface area contributed by atoms with Crippen LogP contribution in [0, 0.1) is 0 Å². The Labute approximate surface area is 152 Å². The van der Waals surface area contributed by atoms with Gasteiger partial charge in [-0.2, -0.15) is 0 Å². The summed E-state index contributed by atoms with van der Waals surface area (Å²) in [5.74, 6) is 1.23. The molecule has 0 N–H and O–H groups in total. The second-order valence-electron chi connectivity index (χ2n) is 7.21. The van der Waals surface area contributed by atoms with Crippen LogP contribution in [0.1, 0.15) is 37.8 Å². The first kappa shape index (κ1) is 16.9. The molecule has 3 atom stereocenters. The smallest absolute Gasteiger partial charge is 0.303 e. The zero-order valence-corrected chi connectivity index (χ0v) is 15.3. The third kappa shape index (κ3) is 2.47. The monoisotopic (exact) mass is 357 g/mol. The van der Waals surface area contributed by atoms with Crippen molar-refractivity contribution in [2.75, 3.05) is 13.7 Å². The summed E-state index contributed by atoms with van der Waals surface area (Å²) in [6, 6.07) is 3.93. The standard InChI is InChI=1S/C20H23NO5/c1-12(22)21-9-8-20-7-6-15(25-13(2)23)10-17(20)26-19-16(24-3)5-4-14(11-21)18(19)20/h4-7,15,17H,8-11H2,1-3H3/t15-,17-,20-/m0/s1. The summed E-state index contributed by atoms with van der Waals surface area (Å²) in [5.41, 5.74) is 1.88. The predicted octanol–water partition coefficient (Wildman–Crippen LogP) is 2.34. The predicted molar refractivity (Wildman–Crippen MR) is 94.1 cm³/mol. The van der Waals surface area contributed by atoms with Crippen LogP contribution in [0.5, 0.6) is 11.5 Å². The van der Waals surface area contributed by atoms with Gasteiger partial charge in [-0.1, -0.05) is 12.1 Å². The number of methoxy groups -OCH3 is 1. The Morgan fingerprint density at radius 2 is 2.12 bits per heavy atom. The summed E-state index contributed by atoms with van der Waals surface area (Å²) in [6.07, 6.45) is 5.00. The summed E-state index contributed by atoms with van der Waals surface area (Å²) in [7, 11) is 1.63. The van der Waals surface area contributed by atoms with Crippen molar-refractivity contribution < 1.29 is 23.8 Å². The fourth-order valence-electron chi connectivity index (χ4n) is 4.49. The Morgan fingerprint density at radius 1 is 1.31 bits per heavy atom. The Hall–Kier alpha value is -2.50. The number of esters is 1. The molecule has 4 rings (SSSR count). The molecule has 6 heteroatoms. The minimum atomic E-state index is -0.319. The van der Waals surface area contributed by atoms with Crippen molar-refractivity contribution in [3.63, 3.8) is 0 Å². The molecule has 3 aliphatic rings. The van der Waals surface area contributed by atoms with Gasteiger partial charge in [-0.15, -0.1) is 0 Å². The molecular weight excluding hydrogens is 334 g/mol. The lowest BCUT2D eigenvalue weighted by molar-refractivity contribution is -0.145. The van der Waals surface area contributed by atoms with Crippen LogP contribution >= 0.6 is 0 Å². The maximum atomic E-state index is 12.0. The molecule has 2 heterocycles. The largest absolute Gasteiger partial charge is 0.493 e. The summed E-state index contributed by atoms with van der Waals surface area (Å²) in [5, 5.41) is 0. The molecule has 1 aromatic carbocycles. The molecule has 1 spiro atoms. The van der Waals surface area contributed by atoms with Crippen molar-refractivity contribution in [1.82, 2.24) is 4.90 Å². The number of nitrogens with zero attached hydrogens (tertiary/aromatic N) is 1. The summed E-state index contributed by atoms with van der Waals surface area (Å²) < 4.78 is 17.2. The molecule has 2 aliphatic heterocycles. The Balaban J connectivity index is 1.82. The normalized spacial score (nSPS) is 28.5. The molecule has 0 bridgehead atoms. The highest BCUT2D eigenvalue weighted by atomic mass is 16.5. The van der Waals surface area contributed by atoms with Crippen molar-refractivity contribution in [2.24, 2.45) is 0 Å². The lowest BCUT2D eigenvalue weighted by atomic mass is 9.69. The summed E-state index contributed by atoms with van der Waals surface area (Å²) >= 11 is 0. The second kappa shape index (κ2) is 6.04. The minimum absolute atomic E-state index is 0.0704. The third-order valence-electron chi connectivity index (χ3n) is 5.70. The van der Waals surface area contributed by atoms with Crippen LogP contribution in [0.4, 0.5) is 0 Å². The molecular formula is C20H23NO5. The van der Waals surface area contributed by atoms with Gasteiger partial charge >= 0.3 is 5.97 Å². The van der Waals surface area contributed by atoms with E-state index in [1.54, 1.807) is 14.0 Å². The zero-order valence-electron chi connectivity index (χ0n) is 15.3. The number of carbonyl (C=O) groups excluding carboxylic acids is 2. The van der Waals surface area contributed by atoms with Crippen molar-refractivity contribution in [3.8, 4) is 11.5 Å². The molecule has 1 aromatic rings. The molecule has 0 aromatic heterocycles. The highest BCUT2D eigenvalue weighted by Gasteiger charge is 2.53. The minimum Gasteiger partial charge on any atom is -0.493 e. The number of rotatable bonds is 2. The van der Waals surface area contributed by atoms with Gasteiger partial charge in [0.1, 0.15) is 12.2 Å². The van der Waals surface area contributed by atoms with Gasteiger partial charge in [-0.3, -0.25) is 9.59 Å². The number of carbonyl (C=O) groups is 2. The molecule has 1 amide bonds. The number of hydrogen-bond acceptors (Lipinski definition) is 5. The molecule has 0 radical (unpaired) electrons. The van der Waals surface area contributed by atoms with Crippen LogP contribution in [0.25, 0.3) is 0 Å². The maximum absolute atomic E-state index is 12.0. The van der Waals surface area contributed by atoms with Crippen LogP contribution < -0.4 is 9.47 Å². The van der Waals surface area contributed by atoms with Gasteiger partial charge in [0.15, 0.2) is 11.5 Å². The van der Waals surface area contributed by atoms with Gasteiger partial charge in [0.2, 0.25) is 5.91 Å². The first-order valence-corrected chi connectivity index (χ1v) is 8.93. The first-order chi connectivity index (χ1) is 12.4. The zero-order chi connectivity index (χ0) is 18.5. The lowest BCUT2D eigenvalue weighted by Crippen LogP contribution is -2.44.